The van der Waals surface area contributed by atoms with Crippen LogP contribution < -0.4 is 20.1 Å². The molecule has 2 N–H and O–H groups in total. The number of pyridine rings is 1. The number of nitrogens with one attached hydrogen (secondary N) is 2. The molecule has 0 bridgehead atoms. The van der Waals surface area contributed by atoms with Crippen LogP contribution in [-0.4, -0.2) is 30.7 Å². The molecule has 0 spiro atoms. The fraction of sp³-hybridized carbons (Fsp3) is 0.333. The van der Waals surface area contributed by atoms with Crippen LogP contribution in [0, 0.1) is 0 Å². The van der Waals surface area contributed by atoms with E-state index in [1.807, 2.05) is 50.2 Å². The van der Waals surface area contributed by atoms with Gasteiger partial charge in [0.15, 0.2) is 5.96 Å². The number of guanidine groups is 1. The topological polar surface area (TPSA) is 67.8 Å². The van der Waals surface area contributed by atoms with Crippen LogP contribution in [0.5, 0.6) is 11.6 Å². The van der Waals surface area contributed by atoms with Crippen molar-refractivity contribution in [1.29, 1.82) is 0 Å². The molecular formula is C21H28N4O2. The summed E-state index contributed by atoms with van der Waals surface area (Å²) in [5.41, 5.74) is 2.10. The van der Waals surface area contributed by atoms with E-state index in [0.29, 0.717) is 32.2 Å². The van der Waals surface area contributed by atoms with E-state index >= 15 is 0 Å². The molecule has 6 heteroatoms. The van der Waals surface area contributed by atoms with Crippen LogP contribution in [0.25, 0.3) is 0 Å². The van der Waals surface area contributed by atoms with E-state index in [4.69, 9.17) is 9.47 Å². The van der Waals surface area contributed by atoms with Crippen LogP contribution in [0.3, 0.4) is 0 Å². The van der Waals surface area contributed by atoms with E-state index in [9.17, 15) is 0 Å². The molecule has 0 amide bonds. The molecule has 0 aliphatic rings. The van der Waals surface area contributed by atoms with Gasteiger partial charge in [-0.15, -0.1) is 0 Å². The minimum atomic E-state index is 0.482. The smallest absolute Gasteiger partial charge is 0.213 e. The highest BCUT2D eigenvalue weighted by molar-refractivity contribution is 5.79. The zero-order chi connectivity index (χ0) is 19.3. The summed E-state index contributed by atoms with van der Waals surface area (Å²) in [6.07, 6.45) is 3.48. The number of aromatic nitrogens is 1. The van der Waals surface area contributed by atoms with E-state index in [2.05, 4.69) is 27.2 Å². The van der Waals surface area contributed by atoms with Crippen molar-refractivity contribution < 1.29 is 9.47 Å². The Labute approximate surface area is 161 Å². The van der Waals surface area contributed by atoms with E-state index in [0.717, 1.165) is 29.4 Å². The second-order valence-corrected chi connectivity index (χ2v) is 5.69. The fourth-order valence-electron chi connectivity index (χ4n) is 2.41. The lowest BCUT2D eigenvalue weighted by atomic mass is 10.2. The van der Waals surface area contributed by atoms with Crippen LogP contribution in [0.2, 0.25) is 0 Å². The van der Waals surface area contributed by atoms with Gasteiger partial charge in [-0.2, -0.15) is 0 Å². The molecule has 2 aromatic rings. The normalized spacial score (nSPS) is 11.0. The highest BCUT2D eigenvalue weighted by Gasteiger charge is 2.05. The van der Waals surface area contributed by atoms with Crippen molar-refractivity contribution in [3.8, 4) is 11.6 Å². The summed E-state index contributed by atoms with van der Waals surface area (Å²) >= 11 is 0. The van der Waals surface area contributed by atoms with Crippen LogP contribution in [0.1, 0.15) is 25.0 Å². The molecule has 0 unspecified atom stereocenters. The first-order valence-electron chi connectivity index (χ1n) is 9.18. The molecule has 144 valence electrons. The Morgan fingerprint density at radius 2 is 2.04 bits per heavy atom. The zero-order valence-electron chi connectivity index (χ0n) is 16.1. The minimum absolute atomic E-state index is 0.482. The van der Waals surface area contributed by atoms with Gasteiger partial charge >= 0.3 is 0 Å². The standard InChI is InChI=1S/C21H28N4O2/c1-4-13-27-19-10-8-7-9-18(19)16-25-21(22-5-2)24-15-17-11-12-23-20(14-17)26-6-3/h4,7-12,14H,1,5-6,13,15-16H2,2-3H3,(H2,22,24,25). The Morgan fingerprint density at radius 3 is 2.81 bits per heavy atom. The van der Waals surface area contributed by atoms with Crippen molar-refractivity contribution in [3.05, 3.63) is 66.4 Å². The maximum absolute atomic E-state index is 5.70. The average Bonchev–Trinajstić information content (AvgIpc) is 2.69. The first kappa shape index (κ1) is 20.3. The number of nitrogens with zero attached hydrogens (tertiary/aromatic N) is 2. The lowest BCUT2D eigenvalue weighted by molar-refractivity contribution is 0.326. The predicted octanol–water partition coefficient (Wildman–Crippen LogP) is 3.30. The molecular weight excluding hydrogens is 340 g/mol. The van der Waals surface area contributed by atoms with Gasteiger partial charge in [0.25, 0.3) is 0 Å². The number of benzene rings is 1. The average molecular weight is 368 g/mol. The lowest BCUT2D eigenvalue weighted by Gasteiger charge is -2.14. The maximum atomic E-state index is 5.70. The molecule has 1 aromatic heterocycles. The molecule has 0 aliphatic carbocycles. The van der Waals surface area contributed by atoms with Crippen LogP contribution >= 0.6 is 0 Å². The first-order valence-corrected chi connectivity index (χ1v) is 9.18. The predicted molar refractivity (Wildman–Crippen MR) is 109 cm³/mol. The summed E-state index contributed by atoms with van der Waals surface area (Å²) in [4.78, 5) is 8.83. The minimum Gasteiger partial charge on any atom is -0.489 e. The summed E-state index contributed by atoms with van der Waals surface area (Å²) < 4.78 is 11.1. The quantitative estimate of drug-likeness (QED) is 0.383. The molecule has 2 rings (SSSR count). The highest BCUT2D eigenvalue weighted by atomic mass is 16.5. The molecule has 1 heterocycles. The summed E-state index contributed by atoms with van der Waals surface area (Å²) in [6, 6.07) is 11.8. The fourth-order valence-corrected chi connectivity index (χ4v) is 2.41. The van der Waals surface area contributed by atoms with E-state index in [1.165, 1.54) is 0 Å². The largest absolute Gasteiger partial charge is 0.489 e. The Bertz CT molecular complexity index is 746. The molecule has 6 nitrogen and oxygen atoms in total. The Kier molecular flexibility index (Phi) is 8.69. The van der Waals surface area contributed by atoms with Gasteiger partial charge in [-0.3, -0.25) is 0 Å². The number of ether oxygens (including phenoxy) is 2. The Balaban J connectivity index is 2.02. The summed E-state index contributed by atoms with van der Waals surface area (Å²) in [5, 5.41) is 6.61. The van der Waals surface area contributed by atoms with E-state index < -0.39 is 0 Å². The SMILES string of the molecule is C=CCOc1ccccc1CNC(=NCc1ccnc(OCC)c1)NCC. The molecule has 0 atom stereocenters. The van der Waals surface area contributed by atoms with E-state index in [-0.39, 0.29) is 0 Å². The van der Waals surface area contributed by atoms with Gasteiger partial charge in [-0.25, -0.2) is 9.98 Å². The van der Waals surface area contributed by atoms with Gasteiger partial charge < -0.3 is 20.1 Å². The molecule has 1 aromatic carbocycles. The van der Waals surface area contributed by atoms with Crippen molar-refractivity contribution in [1.82, 2.24) is 15.6 Å². The Hall–Kier alpha value is -3.02. The summed E-state index contributed by atoms with van der Waals surface area (Å²) in [5.74, 6) is 2.21. The lowest BCUT2D eigenvalue weighted by Crippen LogP contribution is -2.36. The number of hydrogen-bond acceptors (Lipinski definition) is 4. The second-order valence-electron chi connectivity index (χ2n) is 5.69. The first-order chi connectivity index (χ1) is 13.3. The molecule has 0 aliphatic heterocycles. The van der Waals surface area contributed by atoms with Gasteiger partial charge in [0.2, 0.25) is 5.88 Å². The van der Waals surface area contributed by atoms with Gasteiger partial charge in [0.05, 0.1) is 13.2 Å². The van der Waals surface area contributed by atoms with Gasteiger partial charge in [0.1, 0.15) is 12.4 Å². The third-order valence-electron chi connectivity index (χ3n) is 3.63. The molecule has 0 saturated carbocycles. The summed E-state index contributed by atoms with van der Waals surface area (Å²) in [7, 11) is 0. The van der Waals surface area contributed by atoms with E-state index in [1.54, 1.807) is 12.3 Å². The van der Waals surface area contributed by atoms with Crippen molar-refractivity contribution in [2.24, 2.45) is 4.99 Å². The maximum Gasteiger partial charge on any atom is 0.213 e. The third-order valence-corrected chi connectivity index (χ3v) is 3.63. The number of aliphatic imine (C=N–C) groups is 1. The Morgan fingerprint density at radius 1 is 1.19 bits per heavy atom. The van der Waals surface area contributed by atoms with Crippen molar-refractivity contribution >= 4 is 5.96 Å². The second kappa shape index (κ2) is 11.6. The zero-order valence-corrected chi connectivity index (χ0v) is 16.1. The molecule has 0 fully saturated rings. The monoisotopic (exact) mass is 368 g/mol. The molecule has 0 radical (unpaired) electrons. The number of para-hydroxylation sites is 1. The molecule has 27 heavy (non-hydrogen) atoms. The molecule has 0 saturated heterocycles. The van der Waals surface area contributed by atoms with Crippen molar-refractivity contribution in [2.75, 3.05) is 19.8 Å². The van der Waals surface area contributed by atoms with Crippen LogP contribution in [0.15, 0.2) is 60.2 Å². The van der Waals surface area contributed by atoms with Gasteiger partial charge in [0, 0.05) is 30.9 Å². The summed E-state index contributed by atoms with van der Waals surface area (Å²) in [6.45, 7) is 10.7. The number of rotatable bonds is 10. The van der Waals surface area contributed by atoms with Gasteiger partial charge in [-0.05, 0) is 31.5 Å². The van der Waals surface area contributed by atoms with Crippen molar-refractivity contribution in [3.63, 3.8) is 0 Å². The number of hydrogen-bond donors (Lipinski definition) is 2. The van der Waals surface area contributed by atoms with Crippen LogP contribution in [-0.2, 0) is 13.1 Å². The van der Waals surface area contributed by atoms with Crippen LogP contribution in [0.4, 0.5) is 0 Å². The van der Waals surface area contributed by atoms with Gasteiger partial charge in [-0.1, -0.05) is 30.9 Å². The third kappa shape index (κ3) is 7.01. The highest BCUT2D eigenvalue weighted by Crippen LogP contribution is 2.17. The van der Waals surface area contributed by atoms with Crippen molar-refractivity contribution in [2.45, 2.75) is 26.9 Å².